The number of aryl methyl sites for hydroxylation is 2. The molecular weight excluding hydrogens is 282 g/mol. The van der Waals surface area contributed by atoms with E-state index in [-0.39, 0.29) is 5.91 Å². The predicted octanol–water partition coefficient (Wildman–Crippen LogP) is 3.14. The number of rotatable bonds is 4. The molecule has 1 amide bonds. The van der Waals surface area contributed by atoms with E-state index in [0.717, 1.165) is 29.5 Å². The van der Waals surface area contributed by atoms with Crippen molar-refractivity contribution in [3.8, 4) is 0 Å². The highest BCUT2D eigenvalue weighted by molar-refractivity contribution is 7.21. The molecule has 0 radical (unpaired) electrons. The van der Waals surface area contributed by atoms with E-state index in [4.69, 9.17) is 5.73 Å². The van der Waals surface area contributed by atoms with Gasteiger partial charge in [0, 0.05) is 17.6 Å². The van der Waals surface area contributed by atoms with Crippen LogP contribution in [0.5, 0.6) is 0 Å². The van der Waals surface area contributed by atoms with Crippen LogP contribution in [-0.2, 0) is 12.8 Å². The zero-order valence-corrected chi connectivity index (χ0v) is 13.3. The van der Waals surface area contributed by atoms with Crippen LogP contribution in [-0.4, -0.2) is 17.4 Å². The first-order valence-electron chi connectivity index (χ1n) is 7.55. The van der Waals surface area contributed by atoms with E-state index < -0.39 is 0 Å². The number of nitrogens with one attached hydrogen (secondary N) is 1. The molecule has 2 aromatic heterocycles. The van der Waals surface area contributed by atoms with Gasteiger partial charge in [0.1, 0.15) is 9.71 Å². The van der Waals surface area contributed by atoms with Crippen LogP contribution in [0.25, 0.3) is 10.2 Å². The Labute approximate surface area is 128 Å². The predicted molar refractivity (Wildman–Crippen MR) is 87.8 cm³/mol. The Balaban J connectivity index is 1.86. The van der Waals surface area contributed by atoms with Crippen molar-refractivity contribution in [2.75, 3.05) is 12.3 Å². The van der Waals surface area contributed by atoms with Gasteiger partial charge in [-0.2, -0.15) is 0 Å². The van der Waals surface area contributed by atoms with Gasteiger partial charge in [-0.05, 0) is 43.2 Å². The number of thiophene rings is 1. The van der Waals surface area contributed by atoms with E-state index >= 15 is 0 Å². The molecule has 0 atom stereocenters. The van der Waals surface area contributed by atoms with Crippen LogP contribution < -0.4 is 11.1 Å². The average molecular weight is 303 g/mol. The lowest BCUT2D eigenvalue weighted by Gasteiger charge is -2.06. The smallest absolute Gasteiger partial charge is 0.263 e. The third-order valence-corrected chi connectivity index (χ3v) is 5.08. The van der Waals surface area contributed by atoms with E-state index in [1.165, 1.54) is 29.0 Å². The van der Waals surface area contributed by atoms with Crippen LogP contribution in [0.2, 0.25) is 0 Å². The van der Waals surface area contributed by atoms with Gasteiger partial charge in [0.15, 0.2) is 0 Å². The molecule has 4 nitrogen and oxygen atoms in total. The van der Waals surface area contributed by atoms with E-state index in [0.29, 0.717) is 23.0 Å². The fourth-order valence-corrected chi connectivity index (χ4v) is 3.73. The van der Waals surface area contributed by atoms with Gasteiger partial charge in [-0.25, -0.2) is 4.98 Å². The van der Waals surface area contributed by atoms with Gasteiger partial charge in [0.25, 0.3) is 5.91 Å². The normalized spacial score (nSPS) is 13.9. The van der Waals surface area contributed by atoms with E-state index in [2.05, 4.69) is 30.2 Å². The summed E-state index contributed by atoms with van der Waals surface area (Å²) in [5.74, 6) is 0.506. The van der Waals surface area contributed by atoms with E-state index in [1.54, 1.807) is 0 Å². The third kappa shape index (κ3) is 2.75. The molecule has 5 heteroatoms. The first-order valence-corrected chi connectivity index (χ1v) is 8.37. The molecule has 3 N–H and O–H groups in total. The minimum Gasteiger partial charge on any atom is -0.397 e. The van der Waals surface area contributed by atoms with Gasteiger partial charge in [-0.1, -0.05) is 13.8 Å². The van der Waals surface area contributed by atoms with Crippen LogP contribution in [0.1, 0.15) is 47.6 Å². The summed E-state index contributed by atoms with van der Waals surface area (Å²) < 4.78 is 0. The number of fused-ring (bicyclic) bond motifs is 2. The highest BCUT2D eigenvalue weighted by Crippen LogP contribution is 2.35. The molecule has 21 heavy (non-hydrogen) atoms. The van der Waals surface area contributed by atoms with Crippen molar-refractivity contribution in [2.45, 2.75) is 39.5 Å². The molecule has 3 rings (SSSR count). The van der Waals surface area contributed by atoms with Crippen LogP contribution in [0.3, 0.4) is 0 Å². The Kier molecular flexibility index (Phi) is 3.85. The van der Waals surface area contributed by atoms with Crippen molar-refractivity contribution in [1.82, 2.24) is 10.3 Å². The molecule has 1 aliphatic rings. The topological polar surface area (TPSA) is 68.0 Å². The Hall–Kier alpha value is -1.62. The number of carbonyl (C=O) groups excluding carboxylic acids is 1. The van der Waals surface area contributed by atoms with Gasteiger partial charge >= 0.3 is 0 Å². The SMILES string of the molecule is CC(C)CCNC(=O)c1sc2nc3c(cc2c1N)CCC3. The van der Waals surface area contributed by atoms with E-state index in [1.807, 2.05) is 0 Å². The van der Waals surface area contributed by atoms with Crippen LogP contribution in [0.4, 0.5) is 5.69 Å². The number of hydrogen-bond acceptors (Lipinski definition) is 4. The number of amides is 1. The number of anilines is 1. The second kappa shape index (κ2) is 5.64. The second-order valence-corrected chi connectivity index (χ2v) is 7.08. The van der Waals surface area contributed by atoms with Crippen molar-refractivity contribution in [3.05, 3.63) is 22.2 Å². The number of carbonyl (C=O) groups is 1. The monoisotopic (exact) mass is 303 g/mol. The summed E-state index contributed by atoms with van der Waals surface area (Å²) in [5, 5.41) is 3.89. The molecule has 1 aliphatic carbocycles. The fourth-order valence-electron chi connectivity index (χ4n) is 2.72. The Morgan fingerprint density at radius 1 is 1.48 bits per heavy atom. The molecule has 112 valence electrons. The second-order valence-electron chi connectivity index (χ2n) is 6.08. The Morgan fingerprint density at radius 3 is 3.05 bits per heavy atom. The molecule has 0 unspecified atom stereocenters. The number of pyridine rings is 1. The molecule has 0 bridgehead atoms. The number of nitrogen functional groups attached to an aromatic ring is 1. The zero-order chi connectivity index (χ0) is 15.0. The van der Waals surface area contributed by atoms with Gasteiger partial charge < -0.3 is 11.1 Å². The summed E-state index contributed by atoms with van der Waals surface area (Å²) >= 11 is 1.41. The van der Waals surface area contributed by atoms with Crippen LogP contribution >= 0.6 is 11.3 Å². The summed E-state index contributed by atoms with van der Waals surface area (Å²) in [6, 6.07) is 2.13. The van der Waals surface area contributed by atoms with Crippen LogP contribution in [0.15, 0.2) is 6.07 Å². The van der Waals surface area contributed by atoms with Crippen LogP contribution in [0, 0.1) is 5.92 Å². The van der Waals surface area contributed by atoms with Gasteiger partial charge in [0.2, 0.25) is 0 Å². The van der Waals surface area contributed by atoms with Crippen molar-refractivity contribution >= 4 is 33.1 Å². The summed E-state index contributed by atoms with van der Waals surface area (Å²) in [5.41, 5.74) is 9.22. The molecule has 2 aromatic rings. The van der Waals surface area contributed by atoms with E-state index in [9.17, 15) is 4.79 Å². The van der Waals surface area contributed by atoms with Crippen molar-refractivity contribution in [1.29, 1.82) is 0 Å². The largest absolute Gasteiger partial charge is 0.397 e. The first kappa shape index (κ1) is 14.3. The first-order chi connectivity index (χ1) is 10.1. The summed E-state index contributed by atoms with van der Waals surface area (Å²) in [6.07, 6.45) is 4.26. The molecule has 0 aromatic carbocycles. The van der Waals surface area contributed by atoms with Gasteiger partial charge in [-0.3, -0.25) is 4.79 Å². The maximum absolute atomic E-state index is 12.3. The lowest BCUT2D eigenvalue weighted by atomic mass is 10.1. The lowest BCUT2D eigenvalue weighted by Crippen LogP contribution is -2.25. The average Bonchev–Trinajstić information content (AvgIpc) is 3.01. The van der Waals surface area contributed by atoms with Crippen molar-refractivity contribution in [2.24, 2.45) is 5.92 Å². The molecule has 0 fully saturated rings. The molecule has 0 aliphatic heterocycles. The third-order valence-electron chi connectivity index (χ3n) is 3.96. The number of nitrogens with zero attached hydrogens (tertiary/aromatic N) is 1. The van der Waals surface area contributed by atoms with Crippen molar-refractivity contribution < 1.29 is 4.79 Å². The molecule has 0 saturated carbocycles. The molecule has 0 saturated heterocycles. The maximum atomic E-state index is 12.3. The minimum atomic E-state index is -0.0729. The standard InChI is InChI=1S/C16H21N3OS/c1-9(2)6-7-18-15(20)14-13(17)11-8-10-4-3-5-12(10)19-16(11)21-14/h8-9H,3-7,17H2,1-2H3,(H,18,20). The summed E-state index contributed by atoms with van der Waals surface area (Å²) in [4.78, 5) is 18.4. The quantitative estimate of drug-likeness (QED) is 0.911. The lowest BCUT2D eigenvalue weighted by molar-refractivity contribution is 0.0957. The highest BCUT2D eigenvalue weighted by Gasteiger charge is 2.20. The number of hydrogen-bond donors (Lipinski definition) is 2. The fraction of sp³-hybridized carbons (Fsp3) is 0.500. The number of nitrogens with two attached hydrogens (primary N) is 1. The summed E-state index contributed by atoms with van der Waals surface area (Å²) in [6.45, 7) is 4.98. The molecular formula is C16H21N3OS. The van der Waals surface area contributed by atoms with Gasteiger partial charge in [0.05, 0.1) is 5.69 Å². The number of aromatic nitrogens is 1. The maximum Gasteiger partial charge on any atom is 0.263 e. The highest BCUT2D eigenvalue weighted by atomic mass is 32.1. The van der Waals surface area contributed by atoms with Gasteiger partial charge in [-0.15, -0.1) is 11.3 Å². The Morgan fingerprint density at radius 2 is 2.29 bits per heavy atom. The molecule has 2 heterocycles. The summed E-state index contributed by atoms with van der Waals surface area (Å²) in [7, 11) is 0. The minimum absolute atomic E-state index is 0.0729. The molecule has 0 spiro atoms. The zero-order valence-electron chi connectivity index (χ0n) is 12.5. The van der Waals surface area contributed by atoms with Crippen molar-refractivity contribution in [3.63, 3.8) is 0 Å². The Bertz CT molecular complexity index is 690.